The lowest BCUT2D eigenvalue weighted by Crippen LogP contribution is -1.81. The zero-order chi connectivity index (χ0) is 11.9. The van der Waals surface area contributed by atoms with Gasteiger partial charge in [0.05, 0.1) is 0 Å². The molecule has 0 heterocycles. The van der Waals surface area contributed by atoms with Crippen LogP contribution in [0.15, 0.2) is 6.08 Å². The summed E-state index contributed by atoms with van der Waals surface area (Å²) in [5, 5.41) is 0. The minimum atomic E-state index is 1.07. The third-order valence-corrected chi connectivity index (χ3v) is 3.05. The fraction of sp³-hybridized carbons (Fsp3) is 0.875. The number of hydrogen-bond acceptors (Lipinski definition) is 0. The maximum Gasteiger partial charge on any atom is -0.0308 e. The molecule has 0 amide bonds. The zero-order valence-electron chi connectivity index (χ0n) is 11.6. The third-order valence-electron chi connectivity index (χ3n) is 3.05. The van der Waals surface area contributed by atoms with Gasteiger partial charge in [-0.1, -0.05) is 77.7 Å². The molecule has 0 aliphatic carbocycles. The van der Waals surface area contributed by atoms with Gasteiger partial charge in [0.2, 0.25) is 0 Å². The van der Waals surface area contributed by atoms with E-state index in [9.17, 15) is 0 Å². The summed E-state index contributed by atoms with van der Waals surface area (Å²) in [5.74, 6) is 0. The first-order valence-electron chi connectivity index (χ1n) is 7.46. The summed E-state index contributed by atoms with van der Waals surface area (Å²) in [6.07, 6.45) is 22.1. The maximum absolute atomic E-state index is 3.25. The smallest absolute Gasteiger partial charge is 0.0308 e. The van der Waals surface area contributed by atoms with Gasteiger partial charge in [0.15, 0.2) is 0 Å². The van der Waals surface area contributed by atoms with Crippen LogP contribution in [-0.2, 0) is 0 Å². The molecule has 1 radical (unpaired) electrons. The van der Waals surface area contributed by atoms with E-state index in [-0.39, 0.29) is 0 Å². The Morgan fingerprint density at radius 1 is 0.688 bits per heavy atom. The molecule has 0 rings (SSSR count). The van der Waals surface area contributed by atoms with Crippen molar-refractivity contribution < 1.29 is 0 Å². The van der Waals surface area contributed by atoms with Gasteiger partial charge in [0.25, 0.3) is 0 Å². The second-order valence-electron chi connectivity index (χ2n) is 4.73. The first-order chi connectivity index (χ1) is 7.91. The monoisotopic (exact) mass is 223 g/mol. The van der Waals surface area contributed by atoms with E-state index in [1.165, 1.54) is 70.6 Å². The first kappa shape index (κ1) is 15.7. The first-order valence-corrected chi connectivity index (χ1v) is 7.46. The number of rotatable bonds is 12. The van der Waals surface area contributed by atoms with Gasteiger partial charge in [0, 0.05) is 0 Å². The van der Waals surface area contributed by atoms with E-state index in [1.807, 2.05) is 0 Å². The van der Waals surface area contributed by atoms with Crippen LogP contribution in [0.2, 0.25) is 0 Å². The lowest BCUT2D eigenvalue weighted by atomic mass is 10.1. The standard InChI is InChI=1S/C16H31/c1-3-5-7-9-11-13-15-16-14-12-10-8-6-4-2/h8H,3-5,7,9-16H2,1-2H3. The topological polar surface area (TPSA) is 0 Å². The molecule has 0 unspecified atom stereocenters. The van der Waals surface area contributed by atoms with Crippen LogP contribution in [0, 0.1) is 6.08 Å². The summed E-state index contributed by atoms with van der Waals surface area (Å²) in [4.78, 5) is 0. The SMILES string of the molecule is CC/[C]=C\CCCCCCCCCCCC. The lowest BCUT2D eigenvalue weighted by molar-refractivity contribution is 0.557. The number of hydrogen-bond donors (Lipinski definition) is 0. The zero-order valence-corrected chi connectivity index (χ0v) is 11.6. The molecule has 0 aliphatic heterocycles. The van der Waals surface area contributed by atoms with Crippen LogP contribution in [0.3, 0.4) is 0 Å². The van der Waals surface area contributed by atoms with E-state index in [0.717, 1.165) is 6.42 Å². The van der Waals surface area contributed by atoms with Gasteiger partial charge in [-0.25, -0.2) is 0 Å². The van der Waals surface area contributed by atoms with Crippen LogP contribution in [0.4, 0.5) is 0 Å². The minimum Gasteiger partial charge on any atom is -0.0811 e. The van der Waals surface area contributed by atoms with E-state index in [0.29, 0.717) is 0 Å². The fourth-order valence-electron chi connectivity index (χ4n) is 1.98. The molecule has 95 valence electrons. The van der Waals surface area contributed by atoms with Gasteiger partial charge in [-0.3, -0.25) is 0 Å². The van der Waals surface area contributed by atoms with Crippen LogP contribution in [0.5, 0.6) is 0 Å². The van der Waals surface area contributed by atoms with Crippen LogP contribution in [0.1, 0.15) is 90.9 Å². The Bertz CT molecular complexity index is 135. The van der Waals surface area contributed by atoms with E-state index >= 15 is 0 Å². The Hall–Kier alpha value is -0.260. The van der Waals surface area contributed by atoms with E-state index < -0.39 is 0 Å². The molecular formula is C16H31. The molecule has 0 N–H and O–H groups in total. The molecular weight excluding hydrogens is 192 g/mol. The molecule has 0 nitrogen and oxygen atoms in total. The average Bonchev–Trinajstić information content (AvgIpc) is 2.31. The minimum absolute atomic E-state index is 1.07. The molecule has 0 aromatic rings. The third kappa shape index (κ3) is 13.7. The molecule has 0 saturated carbocycles. The van der Waals surface area contributed by atoms with Crippen LogP contribution in [-0.4, -0.2) is 0 Å². The summed E-state index contributed by atoms with van der Waals surface area (Å²) in [6.45, 7) is 4.43. The van der Waals surface area contributed by atoms with Crippen LogP contribution in [0.25, 0.3) is 0 Å². The molecule has 0 aromatic heterocycles. The highest BCUT2D eigenvalue weighted by atomic mass is 14.0. The van der Waals surface area contributed by atoms with Crippen molar-refractivity contribution in [3.63, 3.8) is 0 Å². The summed E-state index contributed by atoms with van der Waals surface area (Å²) in [5.41, 5.74) is 0. The number of allylic oxidation sites excluding steroid dienone is 2. The maximum atomic E-state index is 3.25. The highest BCUT2D eigenvalue weighted by molar-refractivity contribution is 4.71. The molecule has 0 bridgehead atoms. The molecule has 16 heavy (non-hydrogen) atoms. The summed E-state index contributed by atoms with van der Waals surface area (Å²) in [7, 11) is 0. The van der Waals surface area contributed by atoms with Gasteiger partial charge in [-0.2, -0.15) is 0 Å². The van der Waals surface area contributed by atoms with Crippen molar-refractivity contribution in [1.29, 1.82) is 0 Å². The summed E-state index contributed by atoms with van der Waals surface area (Å²) in [6, 6.07) is 0. The fourth-order valence-corrected chi connectivity index (χ4v) is 1.98. The van der Waals surface area contributed by atoms with Crippen molar-refractivity contribution in [1.82, 2.24) is 0 Å². The molecule has 0 fully saturated rings. The normalized spacial score (nSPS) is 11.4. The predicted molar refractivity (Wildman–Crippen MR) is 74.6 cm³/mol. The van der Waals surface area contributed by atoms with Crippen molar-refractivity contribution in [2.45, 2.75) is 90.9 Å². The van der Waals surface area contributed by atoms with Gasteiger partial charge in [-0.15, -0.1) is 0 Å². The second-order valence-corrected chi connectivity index (χ2v) is 4.73. The molecule has 0 heteroatoms. The average molecular weight is 223 g/mol. The van der Waals surface area contributed by atoms with Crippen molar-refractivity contribution in [2.75, 3.05) is 0 Å². The Morgan fingerprint density at radius 3 is 1.69 bits per heavy atom. The van der Waals surface area contributed by atoms with E-state index in [4.69, 9.17) is 0 Å². The van der Waals surface area contributed by atoms with Gasteiger partial charge >= 0.3 is 0 Å². The van der Waals surface area contributed by atoms with Crippen molar-refractivity contribution in [2.24, 2.45) is 0 Å². The van der Waals surface area contributed by atoms with Crippen LogP contribution < -0.4 is 0 Å². The quantitative estimate of drug-likeness (QED) is 0.352. The van der Waals surface area contributed by atoms with Gasteiger partial charge in [-0.05, 0) is 25.3 Å². The highest BCUT2D eigenvalue weighted by Crippen LogP contribution is 2.11. The lowest BCUT2D eigenvalue weighted by Gasteiger charge is -2.01. The van der Waals surface area contributed by atoms with Crippen molar-refractivity contribution in [3.05, 3.63) is 12.2 Å². The molecule has 0 aliphatic rings. The largest absolute Gasteiger partial charge is 0.0811 e. The second kappa shape index (κ2) is 14.7. The van der Waals surface area contributed by atoms with E-state index in [2.05, 4.69) is 26.0 Å². The van der Waals surface area contributed by atoms with Gasteiger partial charge in [0.1, 0.15) is 0 Å². The number of unbranched alkanes of at least 4 members (excludes halogenated alkanes) is 10. The Morgan fingerprint density at radius 2 is 1.19 bits per heavy atom. The molecule has 0 saturated heterocycles. The summed E-state index contributed by atoms with van der Waals surface area (Å²) >= 11 is 0. The summed E-state index contributed by atoms with van der Waals surface area (Å²) < 4.78 is 0. The predicted octanol–water partition coefficient (Wildman–Crippen LogP) is 6.07. The highest BCUT2D eigenvalue weighted by Gasteiger charge is 1.91. The Labute approximate surface area is 104 Å². The Kier molecular flexibility index (Phi) is 14.5. The van der Waals surface area contributed by atoms with Crippen LogP contribution >= 0.6 is 0 Å². The molecule has 0 aromatic carbocycles. The molecule has 0 spiro atoms. The van der Waals surface area contributed by atoms with Crippen molar-refractivity contribution >= 4 is 0 Å². The molecule has 0 atom stereocenters. The van der Waals surface area contributed by atoms with Crippen molar-refractivity contribution in [3.8, 4) is 0 Å². The van der Waals surface area contributed by atoms with E-state index in [1.54, 1.807) is 0 Å². The van der Waals surface area contributed by atoms with Gasteiger partial charge < -0.3 is 0 Å². The Balaban J connectivity index is 2.90.